The molecule has 0 aliphatic carbocycles. The van der Waals surface area contributed by atoms with Crippen LogP contribution in [0.1, 0.15) is 25.3 Å². The number of likely N-dealkylation sites (tertiary alicyclic amines) is 1. The van der Waals surface area contributed by atoms with Crippen molar-refractivity contribution in [2.24, 2.45) is 5.41 Å². The van der Waals surface area contributed by atoms with Gasteiger partial charge in [-0.3, -0.25) is 9.59 Å². The number of aliphatic carboxylic acids is 1. The average Bonchev–Trinajstić information content (AvgIpc) is 2.91. The molecule has 1 amide bonds. The van der Waals surface area contributed by atoms with E-state index in [2.05, 4.69) is 0 Å². The van der Waals surface area contributed by atoms with Gasteiger partial charge in [0.05, 0.1) is 5.41 Å². The Hall–Kier alpha value is -2.04. The van der Waals surface area contributed by atoms with Gasteiger partial charge in [0.25, 0.3) is 5.91 Å². The zero-order chi connectivity index (χ0) is 15.0. The van der Waals surface area contributed by atoms with Gasteiger partial charge in [-0.2, -0.15) is 0 Å². The van der Waals surface area contributed by atoms with Crippen molar-refractivity contribution < 1.29 is 19.4 Å². The van der Waals surface area contributed by atoms with E-state index in [0.29, 0.717) is 32.4 Å². The van der Waals surface area contributed by atoms with Crippen LogP contribution in [0.15, 0.2) is 24.3 Å². The van der Waals surface area contributed by atoms with E-state index in [0.717, 1.165) is 11.3 Å². The van der Waals surface area contributed by atoms with Gasteiger partial charge < -0.3 is 14.7 Å². The molecule has 1 atom stereocenters. The number of para-hydroxylation sites is 1. The number of amides is 1. The van der Waals surface area contributed by atoms with E-state index >= 15 is 0 Å². The quantitative estimate of drug-likeness (QED) is 0.900. The smallest absolute Gasteiger partial charge is 0.309 e. The molecule has 2 aliphatic rings. The van der Waals surface area contributed by atoms with Crippen molar-refractivity contribution in [3.63, 3.8) is 0 Å². The van der Waals surface area contributed by atoms with Gasteiger partial charge in [-0.15, -0.1) is 0 Å². The highest BCUT2D eigenvalue weighted by Gasteiger charge is 2.40. The molecule has 1 saturated heterocycles. The van der Waals surface area contributed by atoms with E-state index in [-0.39, 0.29) is 5.91 Å². The molecule has 3 rings (SSSR count). The molecule has 1 aromatic carbocycles. The van der Waals surface area contributed by atoms with Gasteiger partial charge in [0, 0.05) is 19.5 Å². The summed E-state index contributed by atoms with van der Waals surface area (Å²) in [6, 6.07) is 7.68. The second-order valence-electron chi connectivity index (χ2n) is 6.11. The summed E-state index contributed by atoms with van der Waals surface area (Å²) >= 11 is 0. The molecule has 1 fully saturated rings. The second-order valence-corrected chi connectivity index (χ2v) is 6.11. The molecule has 5 heteroatoms. The van der Waals surface area contributed by atoms with Gasteiger partial charge in [0.1, 0.15) is 5.75 Å². The van der Waals surface area contributed by atoms with Crippen molar-refractivity contribution in [3.8, 4) is 5.75 Å². The molecule has 1 N–H and O–H groups in total. The topological polar surface area (TPSA) is 66.8 Å². The van der Waals surface area contributed by atoms with Gasteiger partial charge >= 0.3 is 5.97 Å². The van der Waals surface area contributed by atoms with Crippen molar-refractivity contribution in [2.75, 3.05) is 13.1 Å². The van der Waals surface area contributed by atoms with Gasteiger partial charge in [0.15, 0.2) is 6.10 Å². The highest BCUT2D eigenvalue weighted by atomic mass is 16.5. The summed E-state index contributed by atoms with van der Waals surface area (Å²) in [6.45, 7) is 2.72. The number of hydrogen-bond donors (Lipinski definition) is 1. The fourth-order valence-electron chi connectivity index (χ4n) is 2.96. The number of carboxylic acids is 1. The van der Waals surface area contributed by atoms with Crippen LogP contribution in [0.4, 0.5) is 0 Å². The molecule has 0 bridgehead atoms. The van der Waals surface area contributed by atoms with E-state index in [1.807, 2.05) is 24.3 Å². The zero-order valence-electron chi connectivity index (χ0n) is 12.0. The van der Waals surface area contributed by atoms with Crippen molar-refractivity contribution in [3.05, 3.63) is 29.8 Å². The second kappa shape index (κ2) is 5.06. The van der Waals surface area contributed by atoms with E-state index in [4.69, 9.17) is 4.74 Å². The molecule has 2 heterocycles. The Labute approximate surface area is 123 Å². The first-order valence-corrected chi connectivity index (χ1v) is 7.26. The van der Waals surface area contributed by atoms with Crippen molar-refractivity contribution in [1.82, 2.24) is 4.90 Å². The minimum absolute atomic E-state index is 0.0290. The number of carboxylic acid groups (broad SMARTS) is 1. The van der Waals surface area contributed by atoms with E-state index in [1.54, 1.807) is 11.8 Å². The minimum Gasteiger partial charge on any atom is -0.481 e. The van der Waals surface area contributed by atoms with Crippen LogP contribution < -0.4 is 4.74 Å². The minimum atomic E-state index is -0.779. The first kappa shape index (κ1) is 13.9. The highest BCUT2D eigenvalue weighted by Crippen LogP contribution is 2.33. The summed E-state index contributed by atoms with van der Waals surface area (Å²) < 4.78 is 5.71. The third kappa shape index (κ3) is 2.48. The molecule has 112 valence electrons. The molecule has 5 nitrogen and oxygen atoms in total. The first-order valence-electron chi connectivity index (χ1n) is 7.26. The normalized spacial score (nSPS) is 23.3. The van der Waals surface area contributed by atoms with Crippen LogP contribution in [0.25, 0.3) is 0 Å². The molecule has 1 aromatic rings. The Morgan fingerprint density at radius 1 is 1.29 bits per heavy atom. The molecule has 2 aliphatic heterocycles. The predicted octanol–water partition coefficient (Wildman–Crippen LogP) is 1.70. The lowest BCUT2D eigenvalue weighted by atomic mass is 9.80. The predicted molar refractivity (Wildman–Crippen MR) is 76.1 cm³/mol. The molecule has 0 saturated carbocycles. The third-order valence-corrected chi connectivity index (χ3v) is 4.62. The number of fused-ring (bicyclic) bond motifs is 1. The number of benzene rings is 1. The summed E-state index contributed by atoms with van der Waals surface area (Å²) in [4.78, 5) is 25.5. The Kier molecular flexibility index (Phi) is 3.35. The Balaban J connectivity index is 1.63. The number of carbonyl (C=O) groups is 2. The maximum atomic E-state index is 12.5. The molecule has 0 aromatic heterocycles. The maximum Gasteiger partial charge on any atom is 0.309 e. The Bertz CT molecular complexity index is 550. The van der Waals surface area contributed by atoms with E-state index in [9.17, 15) is 14.7 Å². The lowest BCUT2D eigenvalue weighted by Crippen LogP contribution is -2.49. The van der Waals surface area contributed by atoms with Gasteiger partial charge in [0.2, 0.25) is 0 Å². The SMILES string of the molecule is CC1(C(=O)O)CCN(C(=O)C2Cc3ccccc3O2)CC1. The lowest BCUT2D eigenvalue weighted by molar-refractivity contribution is -0.154. The Morgan fingerprint density at radius 2 is 1.95 bits per heavy atom. The van der Waals surface area contributed by atoms with Crippen molar-refractivity contribution >= 4 is 11.9 Å². The lowest BCUT2D eigenvalue weighted by Gasteiger charge is -2.37. The zero-order valence-corrected chi connectivity index (χ0v) is 12.0. The van der Waals surface area contributed by atoms with Crippen LogP contribution in [0.2, 0.25) is 0 Å². The summed E-state index contributed by atoms with van der Waals surface area (Å²) in [5, 5.41) is 9.22. The average molecular weight is 289 g/mol. The summed E-state index contributed by atoms with van der Waals surface area (Å²) in [7, 11) is 0. The number of ether oxygens (including phenoxy) is 1. The largest absolute Gasteiger partial charge is 0.481 e. The number of carbonyl (C=O) groups excluding carboxylic acids is 1. The molecule has 21 heavy (non-hydrogen) atoms. The summed E-state index contributed by atoms with van der Waals surface area (Å²) in [5.74, 6) is -0.0269. The van der Waals surface area contributed by atoms with Gasteiger partial charge in [-0.05, 0) is 31.4 Å². The monoisotopic (exact) mass is 289 g/mol. The van der Waals surface area contributed by atoms with Crippen molar-refractivity contribution in [2.45, 2.75) is 32.3 Å². The maximum absolute atomic E-state index is 12.5. The standard InChI is InChI=1S/C16H19NO4/c1-16(15(19)20)6-8-17(9-7-16)14(18)13-10-11-4-2-3-5-12(11)21-13/h2-5,13H,6-10H2,1H3,(H,19,20). The van der Waals surface area contributed by atoms with Crippen LogP contribution >= 0.6 is 0 Å². The first-order chi connectivity index (χ1) is 9.99. The fraction of sp³-hybridized carbons (Fsp3) is 0.500. The molecular formula is C16H19NO4. The molecule has 0 radical (unpaired) electrons. The summed E-state index contributed by atoms with van der Waals surface area (Å²) in [5.41, 5.74) is 0.347. The van der Waals surface area contributed by atoms with E-state index in [1.165, 1.54) is 0 Å². The number of hydrogen-bond acceptors (Lipinski definition) is 3. The molecule has 1 unspecified atom stereocenters. The van der Waals surface area contributed by atoms with Gasteiger partial charge in [-0.25, -0.2) is 0 Å². The number of piperidine rings is 1. The van der Waals surface area contributed by atoms with Crippen LogP contribution in [0.5, 0.6) is 5.75 Å². The number of nitrogens with zero attached hydrogens (tertiary/aromatic N) is 1. The fourth-order valence-corrected chi connectivity index (χ4v) is 2.96. The molecular weight excluding hydrogens is 270 g/mol. The number of rotatable bonds is 2. The highest BCUT2D eigenvalue weighted by molar-refractivity contribution is 5.83. The molecule has 0 spiro atoms. The van der Waals surface area contributed by atoms with Gasteiger partial charge in [-0.1, -0.05) is 18.2 Å². The van der Waals surface area contributed by atoms with Crippen LogP contribution in [0, 0.1) is 5.41 Å². The van der Waals surface area contributed by atoms with Crippen molar-refractivity contribution in [1.29, 1.82) is 0 Å². The van der Waals surface area contributed by atoms with E-state index < -0.39 is 17.5 Å². The van der Waals surface area contributed by atoms with Crippen LogP contribution in [-0.4, -0.2) is 41.1 Å². The van der Waals surface area contributed by atoms with Crippen LogP contribution in [-0.2, 0) is 16.0 Å². The van der Waals surface area contributed by atoms with Crippen LogP contribution in [0.3, 0.4) is 0 Å². The Morgan fingerprint density at radius 3 is 2.57 bits per heavy atom. The third-order valence-electron chi connectivity index (χ3n) is 4.62. The summed E-state index contributed by atoms with van der Waals surface area (Å²) in [6.07, 6.45) is 1.13.